The van der Waals surface area contributed by atoms with E-state index in [1.807, 2.05) is 0 Å². The third kappa shape index (κ3) is 2.92. The normalized spacial score (nSPS) is 14.8. The molecule has 0 aliphatic rings. The quantitative estimate of drug-likeness (QED) is 0.485. The van der Waals surface area contributed by atoms with Crippen molar-refractivity contribution >= 4 is 21.6 Å². The molecule has 0 bridgehead atoms. The average Bonchev–Trinajstić information content (AvgIpc) is 1.86. The summed E-state index contributed by atoms with van der Waals surface area (Å²) in [6, 6.07) is 0. The van der Waals surface area contributed by atoms with Gasteiger partial charge in [0.05, 0.1) is 0 Å². The fourth-order valence-corrected chi connectivity index (χ4v) is 1.92. The molecule has 0 saturated heterocycles. The van der Waals surface area contributed by atoms with Crippen molar-refractivity contribution < 1.29 is 8.78 Å². The van der Waals surface area contributed by atoms with Gasteiger partial charge in [-0.15, -0.1) is 6.58 Å². The fraction of sp³-hybridized carbons (Fsp3) is 0.667. The molecule has 0 heterocycles. The Balaban J connectivity index is 3.94. The van der Waals surface area contributed by atoms with Gasteiger partial charge in [-0.25, -0.2) is 0 Å². The van der Waals surface area contributed by atoms with Crippen LogP contribution in [0.2, 0.25) is 0 Å². The van der Waals surface area contributed by atoms with E-state index in [0.29, 0.717) is 10.8 Å². The standard InChI is InChI=1S/C6H10F2S2/c1-4-5(2)6(7,8)10-9-3/h4-5H,1H2,2-3H3. The molecule has 0 aliphatic carbocycles. The van der Waals surface area contributed by atoms with Crippen molar-refractivity contribution in [1.82, 2.24) is 0 Å². The molecule has 0 aromatic rings. The molecule has 60 valence electrons. The maximum absolute atomic E-state index is 12.7. The van der Waals surface area contributed by atoms with Crippen molar-refractivity contribution in [3.8, 4) is 0 Å². The summed E-state index contributed by atoms with van der Waals surface area (Å²) in [4.78, 5) is 0. The van der Waals surface area contributed by atoms with Crippen LogP contribution in [0.3, 0.4) is 0 Å². The van der Waals surface area contributed by atoms with E-state index >= 15 is 0 Å². The van der Waals surface area contributed by atoms with Gasteiger partial charge in [-0.1, -0.05) is 23.8 Å². The Labute approximate surface area is 67.9 Å². The molecule has 0 amide bonds. The molecule has 1 unspecified atom stereocenters. The number of rotatable bonds is 4. The Bertz CT molecular complexity index is 114. The van der Waals surface area contributed by atoms with Crippen LogP contribution in [0.4, 0.5) is 8.78 Å². The van der Waals surface area contributed by atoms with Crippen LogP contribution in [0.5, 0.6) is 0 Å². The molecule has 0 aromatic carbocycles. The van der Waals surface area contributed by atoms with Gasteiger partial charge < -0.3 is 0 Å². The molecule has 0 rings (SSSR count). The molecular weight excluding hydrogens is 174 g/mol. The smallest absolute Gasteiger partial charge is 0.193 e. The predicted molar refractivity (Wildman–Crippen MR) is 45.4 cm³/mol. The van der Waals surface area contributed by atoms with E-state index in [-0.39, 0.29) is 0 Å². The van der Waals surface area contributed by atoms with Crippen molar-refractivity contribution in [3.05, 3.63) is 12.7 Å². The molecular formula is C6H10F2S2. The third-order valence-electron chi connectivity index (χ3n) is 1.08. The van der Waals surface area contributed by atoms with Crippen molar-refractivity contribution in [2.24, 2.45) is 5.92 Å². The van der Waals surface area contributed by atoms with E-state index < -0.39 is 11.2 Å². The minimum atomic E-state index is -2.68. The predicted octanol–water partition coefficient (Wildman–Crippen LogP) is 3.41. The van der Waals surface area contributed by atoms with Crippen molar-refractivity contribution in [2.45, 2.75) is 12.2 Å². The van der Waals surface area contributed by atoms with E-state index in [9.17, 15) is 8.78 Å². The van der Waals surface area contributed by atoms with Gasteiger partial charge in [-0.3, -0.25) is 0 Å². The van der Waals surface area contributed by atoms with E-state index in [2.05, 4.69) is 6.58 Å². The topological polar surface area (TPSA) is 0 Å². The first kappa shape index (κ1) is 10.3. The van der Waals surface area contributed by atoms with Gasteiger partial charge in [0.2, 0.25) is 0 Å². The van der Waals surface area contributed by atoms with Gasteiger partial charge in [-0.2, -0.15) is 8.78 Å². The lowest BCUT2D eigenvalue weighted by Crippen LogP contribution is -2.18. The second-order valence-corrected chi connectivity index (χ2v) is 4.38. The van der Waals surface area contributed by atoms with Gasteiger partial charge in [0.25, 0.3) is 0 Å². The largest absolute Gasteiger partial charge is 0.309 e. The molecule has 0 radical (unpaired) electrons. The third-order valence-corrected chi connectivity index (χ3v) is 3.01. The van der Waals surface area contributed by atoms with Crippen LogP contribution < -0.4 is 0 Å². The van der Waals surface area contributed by atoms with Crippen LogP contribution in [0.25, 0.3) is 0 Å². The first-order valence-electron chi connectivity index (χ1n) is 2.76. The molecule has 0 aliphatic heterocycles. The van der Waals surface area contributed by atoms with Crippen molar-refractivity contribution in [1.29, 1.82) is 0 Å². The van der Waals surface area contributed by atoms with Crippen LogP contribution in [0.1, 0.15) is 6.92 Å². The van der Waals surface area contributed by atoms with E-state index in [0.717, 1.165) is 10.8 Å². The van der Waals surface area contributed by atoms with E-state index in [1.54, 1.807) is 6.26 Å². The molecule has 0 fully saturated rings. The van der Waals surface area contributed by atoms with Gasteiger partial charge in [0.1, 0.15) is 0 Å². The summed E-state index contributed by atoms with van der Waals surface area (Å²) in [5, 5.41) is -2.68. The summed E-state index contributed by atoms with van der Waals surface area (Å²) in [7, 11) is 1.65. The van der Waals surface area contributed by atoms with Crippen LogP contribution in [0, 0.1) is 5.92 Å². The Morgan fingerprint density at radius 1 is 1.60 bits per heavy atom. The van der Waals surface area contributed by atoms with Gasteiger partial charge in [0.15, 0.2) is 0 Å². The second-order valence-electron chi connectivity index (χ2n) is 1.84. The Hall–Kier alpha value is 0.300. The summed E-state index contributed by atoms with van der Waals surface area (Å²) in [6.07, 6.45) is 2.90. The SMILES string of the molecule is C=CC(C)C(F)(F)SSC. The summed E-state index contributed by atoms with van der Waals surface area (Å²) < 4.78 is 25.4. The molecule has 0 nitrogen and oxygen atoms in total. The Morgan fingerprint density at radius 3 is 2.40 bits per heavy atom. The second kappa shape index (κ2) is 4.23. The lowest BCUT2D eigenvalue weighted by atomic mass is 10.2. The minimum absolute atomic E-state index is 0.578. The highest BCUT2D eigenvalue weighted by atomic mass is 33.1. The van der Waals surface area contributed by atoms with E-state index in [4.69, 9.17) is 0 Å². The maximum atomic E-state index is 12.7. The van der Waals surface area contributed by atoms with Crippen LogP contribution in [0.15, 0.2) is 12.7 Å². The average molecular weight is 184 g/mol. The summed E-state index contributed by atoms with van der Waals surface area (Å²) >= 11 is 0. The number of hydrogen-bond acceptors (Lipinski definition) is 2. The zero-order chi connectivity index (χ0) is 8.20. The molecule has 4 heteroatoms. The lowest BCUT2D eigenvalue weighted by molar-refractivity contribution is 0.0689. The summed E-state index contributed by atoms with van der Waals surface area (Å²) in [5.74, 6) is -0.759. The van der Waals surface area contributed by atoms with Gasteiger partial charge in [-0.05, 0) is 17.0 Å². The number of halogens is 2. The van der Waals surface area contributed by atoms with Gasteiger partial charge >= 0.3 is 5.25 Å². The zero-order valence-corrected chi connectivity index (χ0v) is 7.57. The molecule has 1 atom stereocenters. The molecule has 0 spiro atoms. The van der Waals surface area contributed by atoms with Gasteiger partial charge in [0, 0.05) is 5.92 Å². The van der Waals surface area contributed by atoms with Crippen molar-refractivity contribution in [3.63, 3.8) is 0 Å². The summed E-state index contributed by atoms with van der Waals surface area (Å²) in [5.41, 5.74) is 0. The Kier molecular flexibility index (Phi) is 4.36. The zero-order valence-electron chi connectivity index (χ0n) is 5.93. The number of hydrogen-bond donors (Lipinski definition) is 0. The van der Waals surface area contributed by atoms with Crippen molar-refractivity contribution in [2.75, 3.05) is 6.26 Å². The summed E-state index contributed by atoms with van der Waals surface area (Å²) in [6.45, 7) is 4.76. The molecule has 0 aromatic heterocycles. The van der Waals surface area contributed by atoms with Crippen LogP contribution >= 0.6 is 21.6 Å². The molecule has 0 N–H and O–H groups in total. The minimum Gasteiger partial charge on any atom is -0.193 e. The highest BCUT2D eigenvalue weighted by molar-refractivity contribution is 8.76. The Morgan fingerprint density at radius 2 is 2.10 bits per heavy atom. The highest BCUT2D eigenvalue weighted by Gasteiger charge is 2.34. The molecule has 10 heavy (non-hydrogen) atoms. The first-order valence-corrected chi connectivity index (χ1v) is 5.32. The van der Waals surface area contributed by atoms with Crippen LogP contribution in [-0.2, 0) is 0 Å². The number of allylic oxidation sites excluding steroid dienone is 1. The monoisotopic (exact) mass is 184 g/mol. The van der Waals surface area contributed by atoms with E-state index in [1.165, 1.54) is 13.0 Å². The number of alkyl halides is 2. The van der Waals surface area contributed by atoms with Crippen LogP contribution in [-0.4, -0.2) is 11.5 Å². The fourth-order valence-electron chi connectivity index (χ4n) is 0.324. The lowest BCUT2D eigenvalue weighted by Gasteiger charge is -2.17. The maximum Gasteiger partial charge on any atom is 0.309 e. The molecule has 0 saturated carbocycles. The highest BCUT2D eigenvalue weighted by Crippen LogP contribution is 2.42. The first-order chi connectivity index (χ1) is 4.54.